The molecule has 2 rings (SSSR count). The Morgan fingerprint density at radius 3 is 3.11 bits per heavy atom. The Hall–Kier alpha value is -1.04. The van der Waals surface area contributed by atoms with E-state index in [2.05, 4.69) is 16.8 Å². The van der Waals surface area contributed by atoms with Gasteiger partial charge in [-0.05, 0) is 25.0 Å². The topological polar surface area (TPSA) is 45.6 Å². The fraction of sp³-hybridized carbons (Fsp3) is 0.643. The summed E-state index contributed by atoms with van der Waals surface area (Å²) in [5.74, 6) is -0.379. The summed E-state index contributed by atoms with van der Waals surface area (Å²) in [6, 6.07) is 3.30. The Balaban J connectivity index is 1.85. The number of rotatable bonds is 5. The van der Waals surface area contributed by atoms with Crippen LogP contribution >= 0.6 is 0 Å². The van der Waals surface area contributed by atoms with Gasteiger partial charge in [0.05, 0.1) is 31.2 Å². The van der Waals surface area contributed by atoms with Crippen molar-refractivity contribution in [1.29, 1.82) is 0 Å². The van der Waals surface area contributed by atoms with E-state index in [0.717, 1.165) is 38.9 Å². The van der Waals surface area contributed by atoms with Crippen molar-refractivity contribution in [3.8, 4) is 0 Å². The van der Waals surface area contributed by atoms with Crippen molar-refractivity contribution in [2.24, 2.45) is 0 Å². The Labute approximate surface area is 113 Å². The van der Waals surface area contributed by atoms with Crippen LogP contribution in [0.25, 0.3) is 0 Å². The van der Waals surface area contributed by atoms with Gasteiger partial charge < -0.3 is 9.84 Å². The number of nitrogens with zero attached hydrogens (tertiary/aromatic N) is 2. The molecule has 2 unspecified atom stereocenters. The molecular weight excluding hydrogens is 247 g/mol. The van der Waals surface area contributed by atoms with Crippen LogP contribution < -0.4 is 0 Å². The molecule has 4 nitrogen and oxygen atoms in total. The summed E-state index contributed by atoms with van der Waals surface area (Å²) < 4.78 is 18.2. The van der Waals surface area contributed by atoms with Gasteiger partial charge in [-0.25, -0.2) is 4.39 Å². The zero-order valence-corrected chi connectivity index (χ0v) is 11.3. The van der Waals surface area contributed by atoms with Gasteiger partial charge in [-0.3, -0.25) is 9.88 Å². The van der Waals surface area contributed by atoms with Crippen molar-refractivity contribution in [2.45, 2.75) is 31.9 Å². The average molecular weight is 268 g/mol. The molecule has 5 heteroatoms. The molecule has 2 heterocycles. The van der Waals surface area contributed by atoms with Crippen LogP contribution in [0.3, 0.4) is 0 Å². The van der Waals surface area contributed by atoms with Crippen LogP contribution in [0.4, 0.5) is 4.39 Å². The highest BCUT2D eigenvalue weighted by Crippen LogP contribution is 2.17. The summed E-state index contributed by atoms with van der Waals surface area (Å²) in [7, 11) is 0. The third-order valence-electron chi connectivity index (χ3n) is 3.60. The van der Waals surface area contributed by atoms with E-state index in [1.165, 1.54) is 12.1 Å². The van der Waals surface area contributed by atoms with E-state index in [1.54, 1.807) is 0 Å². The third-order valence-corrected chi connectivity index (χ3v) is 3.60. The number of pyridine rings is 1. The van der Waals surface area contributed by atoms with Crippen molar-refractivity contribution in [2.75, 3.05) is 26.3 Å². The zero-order valence-electron chi connectivity index (χ0n) is 11.3. The molecule has 0 amide bonds. The maximum atomic E-state index is 12.8. The normalized spacial score (nSPS) is 22.4. The molecule has 2 atom stereocenters. The van der Waals surface area contributed by atoms with Crippen LogP contribution in [0, 0.1) is 5.82 Å². The minimum atomic E-state index is -0.638. The Morgan fingerprint density at radius 2 is 2.42 bits per heavy atom. The summed E-state index contributed by atoms with van der Waals surface area (Å²) in [4.78, 5) is 6.26. The molecule has 1 saturated heterocycles. The predicted octanol–water partition coefficient (Wildman–Crippen LogP) is 1.76. The van der Waals surface area contributed by atoms with Crippen molar-refractivity contribution < 1.29 is 14.2 Å². The first-order valence-corrected chi connectivity index (χ1v) is 6.82. The number of aromatic nitrogens is 1. The highest BCUT2D eigenvalue weighted by molar-refractivity contribution is 5.08. The molecule has 0 spiro atoms. The minimum Gasteiger partial charge on any atom is -0.387 e. The number of aliphatic hydroxyl groups is 1. The molecule has 1 aromatic rings. The van der Waals surface area contributed by atoms with Crippen LogP contribution in [0.15, 0.2) is 18.3 Å². The molecule has 0 radical (unpaired) electrons. The number of hydrogen-bond acceptors (Lipinski definition) is 4. The van der Waals surface area contributed by atoms with Gasteiger partial charge in [0, 0.05) is 19.1 Å². The highest BCUT2D eigenvalue weighted by Gasteiger charge is 2.22. The highest BCUT2D eigenvalue weighted by atomic mass is 19.1. The summed E-state index contributed by atoms with van der Waals surface area (Å²) in [6.45, 7) is 5.37. The van der Waals surface area contributed by atoms with E-state index in [0.29, 0.717) is 18.2 Å². The third kappa shape index (κ3) is 3.96. The summed E-state index contributed by atoms with van der Waals surface area (Å²) in [5, 5.41) is 10.1. The summed E-state index contributed by atoms with van der Waals surface area (Å²) in [5.41, 5.74) is 0.530. The fourth-order valence-electron chi connectivity index (χ4n) is 2.38. The second kappa shape index (κ2) is 6.93. The predicted molar refractivity (Wildman–Crippen MR) is 70.2 cm³/mol. The van der Waals surface area contributed by atoms with Crippen molar-refractivity contribution in [3.05, 3.63) is 29.8 Å². The Morgan fingerprint density at radius 1 is 1.58 bits per heavy atom. The molecule has 1 aromatic heterocycles. The number of halogens is 1. The van der Waals surface area contributed by atoms with E-state index >= 15 is 0 Å². The first kappa shape index (κ1) is 14.4. The van der Waals surface area contributed by atoms with Gasteiger partial charge in [0.15, 0.2) is 0 Å². The maximum absolute atomic E-state index is 12.8. The molecule has 0 bridgehead atoms. The van der Waals surface area contributed by atoms with Crippen molar-refractivity contribution >= 4 is 0 Å². The monoisotopic (exact) mass is 268 g/mol. The van der Waals surface area contributed by atoms with Crippen LogP contribution in [0.2, 0.25) is 0 Å². The van der Waals surface area contributed by atoms with E-state index in [-0.39, 0.29) is 5.82 Å². The van der Waals surface area contributed by atoms with E-state index in [9.17, 15) is 9.50 Å². The number of aliphatic hydroxyl groups excluding tert-OH is 1. The van der Waals surface area contributed by atoms with Crippen LogP contribution in [-0.2, 0) is 4.74 Å². The average Bonchev–Trinajstić information content (AvgIpc) is 2.45. The van der Waals surface area contributed by atoms with Crippen LogP contribution in [0.1, 0.15) is 31.6 Å². The first-order chi connectivity index (χ1) is 9.20. The van der Waals surface area contributed by atoms with Crippen LogP contribution in [0.5, 0.6) is 0 Å². The molecule has 1 aliphatic rings. The lowest BCUT2D eigenvalue weighted by Crippen LogP contribution is -2.45. The summed E-state index contributed by atoms with van der Waals surface area (Å²) >= 11 is 0. The smallest absolute Gasteiger partial charge is 0.141 e. The molecule has 106 valence electrons. The molecular formula is C14H21FN2O2. The maximum Gasteiger partial charge on any atom is 0.141 e. The second-order valence-electron chi connectivity index (χ2n) is 4.88. The minimum absolute atomic E-state index is 0.379. The first-order valence-electron chi connectivity index (χ1n) is 6.82. The van der Waals surface area contributed by atoms with Gasteiger partial charge in [0.25, 0.3) is 0 Å². The summed E-state index contributed by atoms with van der Waals surface area (Å²) in [6.07, 6.45) is 2.16. The Kier molecular flexibility index (Phi) is 5.24. The van der Waals surface area contributed by atoms with Gasteiger partial charge in [-0.15, -0.1) is 0 Å². The molecule has 0 saturated carbocycles. The number of morpholine rings is 1. The lowest BCUT2D eigenvalue weighted by molar-refractivity contribution is -0.0145. The molecule has 0 aromatic carbocycles. The molecule has 19 heavy (non-hydrogen) atoms. The molecule has 1 N–H and O–H groups in total. The fourth-order valence-corrected chi connectivity index (χ4v) is 2.38. The number of hydrogen-bond donors (Lipinski definition) is 1. The standard InChI is InChI=1S/C14H21FN2O2/c1-2-12-10-19-8-7-17(12)6-5-14(18)13-4-3-11(15)9-16-13/h3-4,9,12,14,18H,2,5-8,10H2,1H3. The van der Waals surface area contributed by atoms with Gasteiger partial charge in [-0.2, -0.15) is 0 Å². The molecule has 1 fully saturated rings. The van der Waals surface area contributed by atoms with Crippen molar-refractivity contribution in [3.63, 3.8) is 0 Å². The van der Waals surface area contributed by atoms with Gasteiger partial charge in [0.1, 0.15) is 5.82 Å². The lowest BCUT2D eigenvalue weighted by Gasteiger charge is -2.35. The Bertz CT molecular complexity index is 386. The largest absolute Gasteiger partial charge is 0.387 e. The molecule has 0 aliphatic carbocycles. The quantitative estimate of drug-likeness (QED) is 0.884. The van der Waals surface area contributed by atoms with Gasteiger partial charge in [0.2, 0.25) is 0 Å². The van der Waals surface area contributed by atoms with Gasteiger partial charge >= 0.3 is 0 Å². The van der Waals surface area contributed by atoms with E-state index < -0.39 is 6.10 Å². The van der Waals surface area contributed by atoms with E-state index in [1.807, 2.05) is 0 Å². The zero-order chi connectivity index (χ0) is 13.7. The molecule has 1 aliphatic heterocycles. The van der Waals surface area contributed by atoms with Crippen LogP contribution in [-0.4, -0.2) is 47.3 Å². The lowest BCUT2D eigenvalue weighted by atomic mass is 10.1. The second-order valence-corrected chi connectivity index (χ2v) is 4.88. The van der Waals surface area contributed by atoms with Gasteiger partial charge in [-0.1, -0.05) is 6.92 Å². The van der Waals surface area contributed by atoms with Crippen molar-refractivity contribution in [1.82, 2.24) is 9.88 Å². The van der Waals surface area contributed by atoms with E-state index in [4.69, 9.17) is 4.74 Å². The SMILES string of the molecule is CCC1COCCN1CCC(O)c1ccc(F)cn1. The number of ether oxygens (including phenoxy) is 1.